The molecule has 126 valence electrons. The van der Waals surface area contributed by atoms with Crippen LogP contribution in [0.1, 0.15) is 16.1 Å². The van der Waals surface area contributed by atoms with Crippen LogP contribution in [0.25, 0.3) is 11.3 Å². The van der Waals surface area contributed by atoms with Crippen molar-refractivity contribution in [3.8, 4) is 5.75 Å². The highest BCUT2D eigenvalue weighted by atomic mass is 32.2. The van der Waals surface area contributed by atoms with E-state index in [1.165, 1.54) is 12.1 Å². The Morgan fingerprint density at radius 3 is 2.52 bits per heavy atom. The van der Waals surface area contributed by atoms with E-state index in [-0.39, 0.29) is 4.90 Å². The second kappa shape index (κ2) is 6.11. The largest absolute Gasteiger partial charge is 0.456 e. The Balaban J connectivity index is 1.84. The van der Waals surface area contributed by atoms with Gasteiger partial charge in [0.05, 0.1) is 4.90 Å². The molecule has 0 amide bonds. The molecule has 0 atom stereocenters. The number of rotatable bonds is 3. The molecule has 1 aliphatic heterocycles. The fraction of sp³-hybridized carbons (Fsp3) is 0.0556. The summed E-state index contributed by atoms with van der Waals surface area (Å²) in [5, 5.41) is 7.98. The molecule has 0 bridgehead atoms. The molecule has 7 heteroatoms. The predicted octanol–water partition coefficient (Wildman–Crippen LogP) is 3.29. The zero-order chi connectivity index (χ0) is 17.4. The number of hydrogen-bond acceptors (Lipinski definition) is 5. The van der Waals surface area contributed by atoms with Crippen LogP contribution in [0.4, 0.5) is 0 Å². The molecule has 0 radical (unpaired) electrons. The molecule has 25 heavy (non-hydrogen) atoms. The van der Waals surface area contributed by atoms with Crippen molar-refractivity contribution in [2.24, 2.45) is 5.14 Å². The summed E-state index contributed by atoms with van der Waals surface area (Å²) in [6, 6.07) is 14.2. The molecule has 0 fully saturated rings. The highest BCUT2D eigenvalue weighted by molar-refractivity contribution is 7.89. The maximum atomic E-state index is 11.5. The Bertz CT molecular complexity index is 1050. The summed E-state index contributed by atoms with van der Waals surface area (Å²) in [4.78, 5) is 4.48. The van der Waals surface area contributed by atoms with Gasteiger partial charge < -0.3 is 4.74 Å². The Hall–Kier alpha value is -2.48. The number of fused-ring (bicyclic) bond motifs is 1. The van der Waals surface area contributed by atoms with E-state index >= 15 is 0 Å². The molecule has 2 aromatic carbocycles. The van der Waals surface area contributed by atoms with E-state index in [1.54, 1.807) is 29.7 Å². The zero-order valence-electron chi connectivity index (χ0n) is 13.0. The van der Waals surface area contributed by atoms with E-state index in [0.29, 0.717) is 12.2 Å². The number of sulfonamides is 1. The van der Waals surface area contributed by atoms with Crippen molar-refractivity contribution in [2.75, 3.05) is 0 Å². The number of aromatic nitrogens is 1. The first-order chi connectivity index (χ1) is 12.0. The first-order valence-electron chi connectivity index (χ1n) is 7.54. The van der Waals surface area contributed by atoms with Crippen molar-refractivity contribution in [1.29, 1.82) is 0 Å². The van der Waals surface area contributed by atoms with Gasteiger partial charge in [-0.15, -0.1) is 11.3 Å². The third kappa shape index (κ3) is 3.09. The van der Waals surface area contributed by atoms with Crippen LogP contribution >= 0.6 is 11.3 Å². The maximum absolute atomic E-state index is 11.5. The topological polar surface area (TPSA) is 82.3 Å². The Kier molecular flexibility index (Phi) is 3.91. The summed E-state index contributed by atoms with van der Waals surface area (Å²) in [5.74, 6) is 1.49. The van der Waals surface area contributed by atoms with E-state index in [0.717, 1.165) is 27.5 Å². The highest BCUT2D eigenvalue weighted by Gasteiger charge is 2.23. The molecule has 1 aliphatic rings. The van der Waals surface area contributed by atoms with Crippen LogP contribution in [0.2, 0.25) is 0 Å². The van der Waals surface area contributed by atoms with Crippen LogP contribution in [0.5, 0.6) is 5.75 Å². The Morgan fingerprint density at radius 2 is 1.84 bits per heavy atom. The van der Waals surface area contributed by atoms with Gasteiger partial charge in [-0.25, -0.2) is 18.5 Å². The van der Waals surface area contributed by atoms with E-state index in [9.17, 15) is 8.42 Å². The Labute approximate surface area is 149 Å². The first-order valence-corrected chi connectivity index (χ1v) is 9.97. The summed E-state index contributed by atoms with van der Waals surface area (Å²) < 4.78 is 29.1. The number of hydrogen-bond donors (Lipinski definition) is 1. The summed E-state index contributed by atoms with van der Waals surface area (Å²) in [6.45, 7) is 0. The first kappa shape index (κ1) is 16.0. The number of nitrogens with zero attached hydrogens (tertiary/aromatic N) is 1. The van der Waals surface area contributed by atoms with Crippen molar-refractivity contribution in [2.45, 2.75) is 11.3 Å². The number of primary sulfonamides is 1. The zero-order valence-corrected chi connectivity index (χ0v) is 14.7. The van der Waals surface area contributed by atoms with Crippen LogP contribution in [0.15, 0.2) is 65.0 Å². The summed E-state index contributed by atoms with van der Waals surface area (Å²) in [7, 11) is -3.72. The second-order valence-electron chi connectivity index (χ2n) is 5.60. The summed E-state index contributed by atoms with van der Waals surface area (Å²) in [6.07, 6.45) is 2.46. The average molecular weight is 370 g/mol. The van der Waals surface area contributed by atoms with Gasteiger partial charge in [-0.1, -0.05) is 18.2 Å². The third-order valence-corrected chi connectivity index (χ3v) is 5.72. The van der Waals surface area contributed by atoms with Crippen LogP contribution in [0, 0.1) is 0 Å². The summed E-state index contributed by atoms with van der Waals surface area (Å²) in [5.41, 5.74) is 2.86. The molecule has 1 aromatic heterocycles. The van der Waals surface area contributed by atoms with Gasteiger partial charge >= 0.3 is 0 Å². The molecule has 2 heterocycles. The molecule has 0 aliphatic carbocycles. The molecular formula is C18H14N2O3S2. The van der Waals surface area contributed by atoms with Crippen molar-refractivity contribution in [3.63, 3.8) is 0 Å². The van der Waals surface area contributed by atoms with Gasteiger partial charge in [0.1, 0.15) is 16.5 Å². The maximum Gasteiger partial charge on any atom is 0.238 e. The van der Waals surface area contributed by atoms with E-state index in [1.807, 2.05) is 29.6 Å². The summed E-state index contributed by atoms with van der Waals surface area (Å²) >= 11 is 1.55. The number of ether oxygens (including phenoxy) is 1. The lowest BCUT2D eigenvalue weighted by molar-refractivity contribution is 0.502. The lowest BCUT2D eigenvalue weighted by Gasteiger charge is -2.23. The fourth-order valence-electron chi connectivity index (χ4n) is 2.77. The smallest absolute Gasteiger partial charge is 0.238 e. The van der Waals surface area contributed by atoms with E-state index in [2.05, 4.69) is 4.98 Å². The number of para-hydroxylation sites is 1. The minimum atomic E-state index is -3.72. The number of thiazole rings is 1. The van der Waals surface area contributed by atoms with Gasteiger partial charge in [0.2, 0.25) is 10.0 Å². The van der Waals surface area contributed by atoms with Crippen LogP contribution < -0.4 is 9.88 Å². The molecule has 3 aromatic rings. The standard InChI is InChI=1S/C18H14N2O3S2/c19-25(21,22)14-7-5-12(6-8-14)17-15(18-20-9-10-24-18)11-13-3-1-2-4-16(13)23-17/h1-10H,11H2,(H2,19,21,22). The van der Waals surface area contributed by atoms with Gasteiger partial charge in [-0.2, -0.15) is 0 Å². The lowest BCUT2D eigenvalue weighted by Crippen LogP contribution is -2.12. The predicted molar refractivity (Wildman–Crippen MR) is 97.5 cm³/mol. The SMILES string of the molecule is NS(=O)(=O)c1ccc(C2=C(c3nccs3)Cc3ccccc3O2)cc1. The van der Waals surface area contributed by atoms with Crippen molar-refractivity contribution < 1.29 is 13.2 Å². The molecule has 0 saturated heterocycles. The van der Waals surface area contributed by atoms with Gasteiger partial charge in [0.15, 0.2) is 0 Å². The molecule has 5 nitrogen and oxygen atoms in total. The van der Waals surface area contributed by atoms with Crippen molar-refractivity contribution in [1.82, 2.24) is 4.98 Å². The van der Waals surface area contributed by atoms with Gasteiger partial charge in [0, 0.05) is 29.1 Å². The van der Waals surface area contributed by atoms with Crippen LogP contribution in [-0.4, -0.2) is 13.4 Å². The van der Waals surface area contributed by atoms with E-state index in [4.69, 9.17) is 9.88 Å². The quantitative estimate of drug-likeness (QED) is 0.767. The Morgan fingerprint density at radius 1 is 1.08 bits per heavy atom. The van der Waals surface area contributed by atoms with Crippen LogP contribution in [0.3, 0.4) is 0 Å². The lowest BCUT2D eigenvalue weighted by atomic mass is 9.98. The normalized spacial score (nSPS) is 14.1. The molecular weight excluding hydrogens is 356 g/mol. The number of allylic oxidation sites excluding steroid dienone is 1. The third-order valence-electron chi connectivity index (χ3n) is 3.96. The molecule has 4 rings (SSSR count). The van der Waals surface area contributed by atoms with Gasteiger partial charge in [0.25, 0.3) is 0 Å². The fourth-order valence-corrected chi connectivity index (χ4v) is 3.96. The minimum absolute atomic E-state index is 0.0730. The molecule has 0 saturated carbocycles. The average Bonchev–Trinajstić information content (AvgIpc) is 3.14. The minimum Gasteiger partial charge on any atom is -0.456 e. The molecule has 0 spiro atoms. The van der Waals surface area contributed by atoms with Gasteiger partial charge in [-0.05, 0) is 35.9 Å². The number of benzene rings is 2. The molecule has 2 N–H and O–H groups in total. The highest BCUT2D eigenvalue weighted by Crippen LogP contribution is 2.39. The molecule has 0 unspecified atom stereocenters. The van der Waals surface area contributed by atoms with E-state index < -0.39 is 10.0 Å². The van der Waals surface area contributed by atoms with Crippen molar-refractivity contribution >= 4 is 32.7 Å². The van der Waals surface area contributed by atoms with Gasteiger partial charge in [-0.3, -0.25) is 0 Å². The van der Waals surface area contributed by atoms with Crippen LogP contribution in [-0.2, 0) is 16.4 Å². The van der Waals surface area contributed by atoms with Crippen molar-refractivity contribution in [3.05, 3.63) is 76.2 Å². The monoisotopic (exact) mass is 370 g/mol. The second-order valence-corrected chi connectivity index (χ2v) is 8.06. The number of nitrogens with two attached hydrogens (primary N) is 1.